The Bertz CT molecular complexity index is 513. The minimum atomic E-state index is -0.404. The third-order valence-corrected chi connectivity index (χ3v) is 4.39. The van der Waals surface area contributed by atoms with Crippen molar-refractivity contribution in [3.05, 3.63) is 28.8 Å². The van der Waals surface area contributed by atoms with Gasteiger partial charge in [0.05, 0.1) is 17.7 Å². The number of esters is 1. The van der Waals surface area contributed by atoms with E-state index >= 15 is 0 Å². The van der Waals surface area contributed by atoms with Crippen molar-refractivity contribution in [2.45, 2.75) is 39.7 Å². The molecule has 110 valence electrons. The number of rotatable bonds is 3. The summed E-state index contributed by atoms with van der Waals surface area (Å²) < 4.78 is 4.75. The molecule has 0 saturated heterocycles. The third-order valence-electron chi connectivity index (χ3n) is 4.06. The zero-order valence-electron chi connectivity index (χ0n) is 12.5. The first-order chi connectivity index (χ1) is 9.32. The van der Waals surface area contributed by atoms with Crippen LogP contribution < -0.4 is 5.32 Å². The topological polar surface area (TPSA) is 38.3 Å². The van der Waals surface area contributed by atoms with Gasteiger partial charge in [-0.1, -0.05) is 32.4 Å². The second kappa shape index (κ2) is 5.65. The van der Waals surface area contributed by atoms with Gasteiger partial charge in [0.2, 0.25) is 0 Å². The predicted molar refractivity (Wildman–Crippen MR) is 82.4 cm³/mol. The molecule has 0 bridgehead atoms. The van der Waals surface area contributed by atoms with E-state index in [2.05, 4.69) is 26.1 Å². The largest absolute Gasteiger partial charge is 0.465 e. The molecular weight excluding hydrogens is 274 g/mol. The molecule has 2 rings (SSSR count). The van der Waals surface area contributed by atoms with Crippen molar-refractivity contribution in [3.63, 3.8) is 0 Å². The van der Waals surface area contributed by atoms with E-state index in [0.717, 1.165) is 12.1 Å². The molecule has 1 fully saturated rings. The Kier molecular flexibility index (Phi) is 4.28. The summed E-state index contributed by atoms with van der Waals surface area (Å²) in [6, 6.07) is 5.84. The second-order valence-corrected chi connectivity index (χ2v) is 6.89. The molecule has 1 aromatic rings. The van der Waals surface area contributed by atoms with E-state index in [1.54, 1.807) is 12.1 Å². The van der Waals surface area contributed by atoms with Crippen molar-refractivity contribution in [2.24, 2.45) is 11.3 Å². The zero-order valence-corrected chi connectivity index (χ0v) is 13.3. The molecule has 3 nitrogen and oxygen atoms in total. The van der Waals surface area contributed by atoms with Crippen LogP contribution in [0.3, 0.4) is 0 Å². The Morgan fingerprint density at radius 1 is 1.40 bits per heavy atom. The highest BCUT2D eigenvalue weighted by atomic mass is 35.5. The average Bonchev–Trinajstić information content (AvgIpc) is 2.63. The van der Waals surface area contributed by atoms with E-state index in [4.69, 9.17) is 16.3 Å². The Hall–Kier alpha value is -1.22. The van der Waals surface area contributed by atoms with Crippen LogP contribution in [0.25, 0.3) is 0 Å². The number of nitrogens with one attached hydrogen (secondary N) is 1. The van der Waals surface area contributed by atoms with E-state index in [0.29, 0.717) is 28.0 Å². The van der Waals surface area contributed by atoms with Gasteiger partial charge in [-0.05, 0) is 42.4 Å². The van der Waals surface area contributed by atoms with Gasteiger partial charge in [0, 0.05) is 11.7 Å². The van der Waals surface area contributed by atoms with Gasteiger partial charge in [-0.3, -0.25) is 0 Å². The van der Waals surface area contributed by atoms with Crippen LogP contribution in [0.15, 0.2) is 18.2 Å². The summed E-state index contributed by atoms with van der Waals surface area (Å²) in [5.41, 5.74) is 1.70. The van der Waals surface area contributed by atoms with E-state index < -0.39 is 5.97 Å². The van der Waals surface area contributed by atoms with Crippen molar-refractivity contribution < 1.29 is 9.53 Å². The number of carbonyl (C=O) groups excluding carboxylic acids is 1. The first-order valence-corrected chi connectivity index (χ1v) is 7.34. The van der Waals surface area contributed by atoms with Crippen molar-refractivity contribution in [3.8, 4) is 0 Å². The average molecular weight is 296 g/mol. The molecule has 0 aliphatic heterocycles. The van der Waals surface area contributed by atoms with Gasteiger partial charge in [-0.25, -0.2) is 4.79 Å². The Labute approximate surface area is 125 Å². The minimum Gasteiger partial charge on any atom is -0.465 e. The molecule has 20 heavy (non-hydrogen) atoms. The molecule has 0 amide bonds. The quantitative estimate of drug-likeness (QED) is 0.842. The molecular formula is C16H22ClNO2. The molecule has 2 atom stereocenters. The number of benzene rings is 1. The maximum atomic E-state index is 11.7. The highest BCUT2D eigenvalue weighted by Gasteiger charge is 2.36. The molecule has 1 aliphatic carbocycles. The number of hydrogen-bond acceptors (Lipinski definition) is 3. The Balaban J connectivity index is 2.16. The van der Waals surface area contributed by atoms with Gasteiger partial charge in [0.15, 0.2) is 0 Å². The summed E-state index contributed by atoms with van der Waals surface area (Å²) in [5, 5.41) is 3.95. The van der Waals surface area contributed by atoms with Gasteiger partial charge in [0.1, 0.15) is 0 Å². The monoisotopic (exact) mass is 295 g/mol. The number of ether oxygens (including phenoxy) is 1. The van der Waals surface area contributed by atoms with Crippen LogP contribution in [0, 0.1) is 11.3 Å². The fourth-order valence-electron chi connectivity index (χ4n) is 3.18. The normalized spacial score (nSPS) is 24.4. The van der Waals surface area contributed by atoms with Crippen LogP contribution in [0.2, 0.25) is 5.02 Å². The summed E-state index contributed by atoms with van der Waals surface area (Å²) in [6.45, 7) is 6.86. The molecule has 0 heterocycles. The second-order valence-electron chi connectivity index (χ2n) is 6.49. The standard InChI is InChI=1S/C16H22ClNO2/c1-10-8-16(2,3)9-14(10)18-11-5-6-13(17)12(7-11)15(19)20-4/h5-7,10,14,18H,8-9H2,1-4H3. The van der Waals surface area contributed by atoms with Gasteiger partial charge < -0.3 is 10.1 Å². The molecule has 1 aliphatic rings. The van der Waals surface area contributed by atoms with Crippen LogP contribution in [0.1, 0.15) is 44.0 Å². The maximum Gasteiger partial charge on any atom is 0.339 e. The first-order valence-electron chi connectivity index (χ1n) is 6.97. The summed E-state index contributed by atoms with van der Waals surface area (Å²) in [6.07, 6.45) is 2.34. The molecule has 0 spiro atoms. The molecule has 0 aromatic heterocycles. The van der Waals surface area contributed by atoms with E-state index in [-0.39, 0.29) is 0 Å². The highest BCUT2D eigenvalue weighted by molar-refractivity contribution is 6.33. The van der Waals surface area contributed by atoms with Crippen molar-refractivity contribution >= 4 is 23.3 Å². The fraction of sp³-hybridized carbons (Fsp3) is 0.562. The summed E-state index contributed by atoms with van der Waals surface area (Å²) in [5.74, 6) is 0.209. The van der Waals surface area contributed by atoms with E-state index in [1.165, 1.54) is 13.5 Å². The summed E-state index contributed by atoms with van der Waals surface area (Å²) in [7, 11) is 1.36. The van der Waals surface area contributed by atoms with Crippen LogP contribution in [0.5, 0.6) is 0 Å². The lowest BCUT2D eigenvalue weighted by atomic mass is 9.91. The Morgan fingerprint density at radius 3 is 2.65 bits per heavy atom. The number of methoxy groups -OCH3 is 1. The van der Waals surface area contributed by atoms with E-state index in [9.17, 15) is 4.79 Å². The van der Waals surface area contributed by atoms with Crippen LogP contribution in [0.4, 0.5) is 5.69 Å². The van der Waals surface area contributed by atoms with Gasteiger partial charge in [-0.15, -0.1) is 0 Å². The smallest absolute Gasteiger partial charge is 0.339 e. The van der Waals surface area contributed by atoms with Crippen molar-refractivity contribution in [1.29, 1.82) is 0 Å². The van der Waals surface area contributed by atoms with Crippen LogP contribution in [-0.4, -0.2) is 19.1 Å². The van der Waals surface area contributed by atoms with Crippen molar-refractivity contribution in [2.75, 3.05) is 12.4 Å². The number of anilines is 1. The lowest BCUT2D eigenvalue weighted by Crippen LogP contribution is -2.22. The number of hydrogen-bond donors (Lipinski definition) is 1. The Morgan fingerprint density at radius 2 is 2.10 bits per heavy atom. The predicted octanol–water partition coefficient (Wildman–Crippen LogP) is 4.36. The van der Waals surface area contributed by atoms with Gasteiger partial charge in [0.25, 0.3) is 0 Å². The first kappa shape index (κ1) is 15.2. The number of halogens is 1. The molecule has 1 N–H and O–H groups in total. The third kappa shape index (κ3) is 3.26. The molecule has 0 radical (unpaired) electrons. The molecule has 4 heteroatoms. The van der Waals surface area contributed by atoms with Crippen LogP contribution >= 0.6 is 11.6 Å². The number of carbonyl (C=O) groups is 1. The van der Waals surface area contributed by atoms with E-state index in [1.807, 2.05) is 6.07 Å². The van der Waals surface area contributed by atoms with Crippen LogP contribution in [-0.2, 0) is 4.74 Å². The minimum absolute atomic E-state index is 0.370. The molecule has 2 unspecified atom stereocenters. The SMILES string of the molecule is COC(=O)c1cc(NC2CC(C)(C)CC2C)ccc1Cl. The zero-order chi connectivity index (χ0) is 14.9. The summed E-state index contributed by atoms with van der Waals surface area (Å²) >= 11 is 6.03. The summed E-state index contributed by atoms with van der Waals surface area (Å²) in [4.78, 5) is 11.7. The van der Waals surface area contributed by atoms with Crippen molar-refractivity contribution in [1.82, 2.24) is 0 Å². The highest BCUT2D eigenvalue weighted by Crippen LogP contribution is 2.42. The molecule has 1 aromatic carbocycles. The lowest BCUT2D eigenvalue weighted by Gasteiger charge is -2.20. The fourth-order valence-corrected chi connectivity index (χ4v) is 3.38. The van der Waals surface area contributed by atoms with Gasteiger partial charge >= 0.3 is 5.97 Å². The lowest BCUT2D eigenvalue weighted by molar-refractivity contribution is 0.0601. The molecule has 1 saturated carbocycles. The maximum absolute atomic E-state index is 11.7. The van der Waals surface area contributed by atoms with Gasteiger partial charge in [-0.2, -0.15) is 0 Å².